The molecule has 0 aliphatic carbocycles. The monoisotopic (exact) mass is 173 g/mol. The highest BCUT2D eigenvalue weighted by Gasteiger charge is 2.42. The van der Waals surface area contributed by atoms with Crippen LogP contribution in [0.2, 0.25) is 0 Å². The summed E-state index contributed by atoms with van der Waals surface area (Å²) in [6, 6.07) is 0.0554. The summed E-state index contributed by atoms with van der Waals surface area (Å²) in [6.07, 6.45) is 0. The van der Waals surface area contributed by atoms with E-state index in [1.54, 1.807) is 0 Å². The second-order valence-electron chi connectivity index (χ2n) is 3.18. The molecule has 2 aliphatic rings. The van der Waals surface area contributed by atoms with Gasteiger partial charge in [-0.15, -0.1) is 0 Å². The minimum Gasteiger partial charge on any atom is -0.481 e. The zero-order valence-corrected chi connectivity index (χ0v) is 6.53. The van der Waals surface area contributed by atoms with Gasteiger partial charge in [-0.05, 0) is 0 Å². The Bertz CT molecular complexity index is 196. The van der Waals surface area contributed by atoms with Gasteiger partial charge in [-0.3, -0.25) is 4.79 Å². The fraction of sp³-hybridized carbons (Fsp3) is 0.857. The number of carboxylic acids is 1. The van der Waals surface area contributed by atoms with Crippen molar-refractivity contribution in [2.24, 2.45) is 11.8 Å². The highest BCUT2D eigenvalue weighted by Crippen LogP contribution is 2.26. The van der Waals surface area contributed by atoms with Gasteiger partial charge in [-0.2, -0.15) is 5.48 Å². The topological polar surface area (TPSA) is 67.8 Å². The van der Waals surface area contributed by atoms with Gasteiger partial charge >= 0.3 is 5.97 Å². The molecule has 2 N–H and O–H groups in total. The SMILES string of the molecule is O=C(O)C1COCC2NOCC21. The lowest BCUT2D eigenvalue weighted by Gasteiger charge is -2.28. The zero-order chi connectivity index (χ0) is 8.55. The van der Waals surface area contributed by atoms with Crippen LogP contribution >= 0.6 is 0 Å². The Balaban J connectivity index is 2.08. The smallest absolute Gasteiger partial charge is 0.309 e. The van der Waals surface area contributed by atoms with E-state index in [2.05, 4.69) is 5.48 Å². The van der Waals surface area contributed by atoms with Gasteiger partial charge in [0.05, 0.1) is 31.8 Å². The van der Waals surface area contributed by atoms with Crippen molar-refractivity contribution < 1.29 is 19.5 Å². The van der Waals surface area contributed by atoms with Gasteiger partial charge in [0.25, 0.3) is 0 Å². The van der Waals surface area contributed by atoms with E-state index in [0.717, 1.165) is 0 Å². The van der Waals surface area contributed by atoms with E-state index >= 15 is 0 Å². The standard InChI is InChI=1S/C7H11NO4/c9-7(10)5-1-11-3-6-4(5)2-12-8-6/h4-6,8H,1-3H2,(H,9,10). The average Bonchev–Trinajstić information content (AvgIpc) is 2.49. The predicted molar refractivity (Wildman–Crippen MR) is 38.3 cm³/mol. The van der Waals surface area contributed by atoms with Crippen molar-refractivity contribution in [3.63, 3.8) is 0 Å². The molecule has 12 heavy (non-hydrogen) atoms. The van der Waals surface area contributed by atoms with Crippen LogP contribution in [0.1, 0.15) is 0 Å². The number of carbonyl (C=O) groups is 1. The number of hydroxylamine groups is 1. The summed E-state index contributed by atoms with van der Waals surface area (Å²) < 4.78 is 5.13. The normalized spacial score (nSPS) is 40.8. The second-order valence-corrected chi connectivity index (χ2v) is 3.18. The molecule has 3 atom stereocenters. The summed E-state index contributed by atoms with van der Waals surface area (Å²) in [5.41, 5.74) is 2.76. The van der Waals surface area contributed by atoms with Crippen molar-refractivity contribution in [1.29, 1.82) is 0 Å². The first kappa shape index (κ1) is 7.97. The third-order valence-electron chi connectivity index (χ3n) is 2.46. The number of hydrogen-bond donors (Lipinski definition) is 2. The van der Waals surface area contributed by atoms with Crippen molar-refractivity contribution in [3.05, 3.63) is 0 Å². The van der Waals surface area contributed by atoms with Crippen LogP contribution in [0.5, 0.6) is 0 Å². The highest BCUT2D eigenvalue weighted by atomic mass is 16.7. The Labute approximate surface area is 69.6 Å². The molecule has 0 spiro atoms. The first-order valence-electron chi connectivity index (χ1n) is 3.97. The van der Waals surface area contributed by atoms with Crippen LogP contribution in [0.25, 0.3) is 0 Å². The van der Waals surface area contributed by atoms with Crippen molar-refractivity contribution in [1.82, 2.24) is 5.48 Å². The fourth-order valence-corrected chi connectivity index (χ4v) is 1.71. The first-order valence-corrected chi connectivity index (χ1v) is 3.97. The number of nitrogens with one attached hydrogen (secondary N) is 1. The maximum atomic E-state index is 10.7. The molecule has 5 nitrogen and oxygen atoms in total. The molecule has 68 valence electrons. The fourth-order valence-electron chi connectivity index (χ4n) is 1.71. The highest BCUT2D eigenvalue weighted by molar-refractivity contribution is 5.70. The molecule has 0 amide bonds. The predicted octanol–water partition coefficient (Wildman–Crippen LogP) is -0.763. The largest absolute Gasteiger partial charge is 0.481 e. The summed E-state index contributed by atoms with van der Waals surface area (Å²) >= 11 is 0. The molecule has 3 unspecified atom stereocenters. The maximum Gasteiger partial charge on any atom is 0.309 e. The van der Waals surface area contributed by atoms with E-state index < -0.39 is 11.9 Å². The Morgan fingerprint density at radius 1 is 1.42 bits per heavy atom. The van der Waals surface area contributed by atoms with Crippen LogP contribution in [-0.4, -0.2) is 36.9 Å². The Morgan fingerprint density at radius 2 is 2.25 bits per heavy atom. The summed E-state index contributed by atoms with van der Waals surface area (Å²) in [5.74, 6) is -1.15. The van der Waals surface area contributed by atoms with Gasteiger partial charge in [0.15, 0.2) is 0 Å². The number of carboxylic acid groups (broad SMARTS) is 1. The molecule has 0 bridgehead atoms. The van der Waals surface area contributed by atoms with Gasteiger partial charge in [0.1, 0.15) is 0 Å². The number of aliphatic carboxylic acids is 1. The third-order valence-corrected chi connectivity index (χ3v) is 2.46. The lowest BCUT2D eigenvalue weighted by Crippen LogP contribution is -2.45. The van der Waals surface area contributed by atoms with E-state index in [4.69, 9.17) is 14.7 Å². The second kappa shape index (κ2) is 3.01. The Morgan fingerprint density at radius 3 is 3.00 bits per heavy atom. The number of hydrogen-bond acceptors (Lipinski definition) is 4. The van der Waals surface area contributed by atoms with E-state index in [1.165, 1.54) is 0 Å². The summed E-state index contributed by atoms with van der Waals surface area (Å²) in [4.78, 5) is 15.7. The number of rotatable bonds is 1. The third kappa shape index (κ3) is 1.20. The molecular formula is C7H11NO4. The van der Waals surface area contributed by atoms with Gasteiger partial charge in [0, 0.05) is 5.92 Å². The molecule has 0 aromatic heterocycles. The van der Waals surface area contributed by atoms with Crippen LogP contribution in [0.15, 0.2) is 0 Å². The minimum absolute atomic E-state index is 0.0554. The van der Waals surface area contributed by atoms with E-state index in [1.807, 2.05) is 0 Å². The molecule has 5 heteroatoms. The molecule has 2 rings (SSSR count). The molecule has 2 aliphatic heterocycles. The maximum absolute atomic E-state index is 10.7. The van der Waals surface area contributed by atoms with Crippen LogP contribution in [-0.2, 0) is 14.4 Å². The molecule has 2 fully saturated rings. The van der Waals surface area contributed by atoms with Crippen molar-refractivity contribution >= 4 is 5.97 Å². The molecular weight excluding hydrogens is 162 g/mol. The molecule has 0 saturated carbocycles. The molecule has 0 aromatic rings. The van der Waals surface area contributed by atoms with E-state index in [-0.39, 0.29) is 12.0 Å². The van der Waals surface area contributed by atoms with Crippen LogP contribution < -0.4 is 5.48 Å². The summed E-state index contributed by atoms with van der Waals surface area (Å²) in [6.45, 7) is 1.33. The zero-order valence-electron chi connectivity index (χ0n) is 6.53. The quantitative estimate of drug-likeness (QED) is 0.545. The van der Waals surface area contributed by atoms with Crippen molar-refractivity contribution in [3.8, 4) is 0 Å². The van der Waals surface area contributed by atoms with Gasteiger partial charge in [-0.1, -0.05) is 0 Å². The van der Waals surface area contributed by atoms with E-state index in [9.17, 15) is 4.79 Å². The number of fused-ring (bicyclic) bond motifs is 1. The number of ether oxygens (including phenoxy) is 1. The summed E-state index contributed by atoms with van der Waals surface area (Å²) in [5, 5.41) is 8.82. The molecule has 0 radical (unpaired) electrons. The summed E-state index contributed by atoms with van der Waals surface area (Å²) in [7, 11) is 0. The molecule has 2 saturated heterocycles. The van der Waals surface area contributed by atoms with Crippen LogP contribution in [0.4, 0.5) is 0 Å². The van der Waals surface area contributed by atoms with Crippen LogP contribution in [0, 0.1) is 11.8 Å². The van der Waals surface area contributed by atoms with E-state index in [0.29, 0.717) is 19.8 Å². The van der Waals surface area contributed by atoms with Crippen molar-refractivity contribution in [2.45, 2.75) is 6.04 Å². The minimum atomic E-state index is -0.794. The van der Waals surface area contributed by atoms with Gasteiger partial charge < -0.3 is 14.7 Å². The molecule has 0 aromatic carbocycles. The lowest BCUT2D eigenvalue weighted by molar-refractivity contribution is -0.149. The lowest BCUT2D eigenvalue weighted by atomic mass is 9.86. The Kier molecular flexibility index (Phi) is 2.00. The van der Waals surface area contributed by atoms with Gasteiger partial charge in [0.2, 0.25) is 0 Å². The molecule has 2 heterocycles. The first-order chi connectivity index (χ1) is 5.79. The average molecular weight is 173 g/mol. The van der Waals surface area contributed by atoms with Crippen LogP contribution in [0.3, 0.4) is 0 Å². The van der Waals surface area contributed by atoms with Crippen molar-refractivity contribution in [2.75, 3.05) is 19.8 Å². The Hall–Kier alpha value is -0.650. The van der Waals surface area contributed by atoms with Gasteiger partial charge in [-0.25, -0.2) is 0 Å².